The van der Waals surface area contributed by atoms with Crippen LogP contribution in [-0.2, 0) is 4.74 Å². The lowest BCUT2D eigenvalue weighted by atomic mass is 10.1. The molecule has 2 heterocycles. The fourth-order valence-electron chi connectivity index (χ4n) is 2.63. The minimum atomic E-state index is -0.552. The molecular formula is C15H14N4O3. The lowest BCUT2D eigenvalue weighted by Gasteiger charge is -2.24. The van der Waals surface area contributed by atoms with E-state index in [1.807, 2.05) is 12.1 Å². The van der Waals surface area contributed by atoms with E-state index in [1.165, 1.54) is 12.1 Å². The Morgan fingerprint density at radius 1 is 1.41 bits per heavy atom. The SMILES string of the molecule is N#Cc1cc(-c2ccnn2C2CCCCO2)ccc1[N+](=O)[O-]. The smallest absolute Gasteiger partial charge is 0.287 e. The summed E-state index contributed by atoms with van der Waals surface area (Å²) in [7, 11) is 0. The Labute approximate surface area is 126 Å². The van der Waals surface area contributed by atoms with Crippen molar-refractivity contribution in [3.63, 3.8) is 0 Å². The molecule has 1 aliphatic heterocycles. The summed E-state index contributed by atoms with van der Waals surface area (Å²) in [6.45, 7) is 0.702. The van der Waals surface area contributed by atoms with Gasteiger partial charge in [0, 0.05) is 24.4 Å². The van der Waals surface area contributed by atoms with Gasteiger partial charge in [0.1, 0.15) is 11.6 Å². The van der Waals surface area contributed by atoms with Gasteiger partial charge in [-0.05, 0) is 37.5 Å². The summed E-state index contributed by atoms with van der Waals surface area (Å²) >= 11 is 0. The normalized spacial score (nSPS) is 17.9. The second kappa shape index (κ2) is 5.95. The van der Waals surface area contributed by atoms with Gasteiger partial charge in [0.2, 0.25) is 0 Å². The number of ether oxygens (including phenoxy) is 1. The van der Waals surface area contributed by atoms with Gasteiger partial charge in [0.15, 0.2) is 6.23 Å². The Morgan fingerprint density at radius 3 is 2.95 bits per heavy atom. The van der Waals surface area contributed by atoms with E-state index in [-0.39, 0.29) is 17.5 Å². The third-order valence-corrected chi connectivity index (χ3v) is 3.71. The molecular weight excluding hydrogens is 284 g/mol. The summed E-state index contributed by atoms with van der Waals surface area (Å²) in [5, 5.41) is 24.3. The predicted molar refractivity (Wildman–Crippen MR) is 77.9 cm³/mol. The van der Waals surface area contributed by atoms with E-state index < -0.39 is 4.92 Å². The molecule has 22 heavy (non-hydrogen) atoms. The van der Waals surface area contributed by atoms with Crippen LogP contribution in [0.15, 0.2) is 30.5 Å². The topological polar surface area (TPSA) is 94.0 Å². The van der Waals surface area contributed by atoms with Crippen molar-refractivity contribution in [3.8, 4) is 17.3 Å². The van der Waals surface area contributed by atoms with Crippen molar-refractivity contribution in [2.75, 3.05) is 6.61 Å². The van der Waals surface area contributed by atoms with Crippen LogP contribution in [0.3, 0.4) is 0 Å². The Hall–Kier alpha value is -2.72. The molecule has 1 unspecified atom stereocenters. The van der Waals surface area contributed by atoms with Gasteiger partial charge in [-0.3, -0.25) is 10.1 Å². The van der Waals surface area contributed by atoms with Crippen LogP contribution in [0.5, 0.6) is 0 Å². The average Bonchev–Trinajstić information content (AvgIpc) is 3.04. The van der Waals surface area contributed by atoms with Crippen molar-refractivity contribution >= 4 is 5.69 Å². The van der Waals surface area contributed by atoms with Crippen LogP contribution in [-0.4, -0.2) is 21.3 Å². The first kappa shape index (κ1) is 14.2. The number of nitro groups is 1. The number of aromatic nitrogens is 2. The molecule has 1 aliphatic rings. The molecule has 0 N–H and O–H groups in total. The van der Waals surface area contributed by atoms with Gasteiger partial charge >= 0.3 is 0 Å². The molecule has 3 rings (SSSR count). The van der Waals surface area contributed by atoms with Gasteiger partial charge in [-0.2, -0.15) is 10.4 Å². The highest BCUT2D eigenvalue weighted by Crippen LogP contribution is 2.30. The molecule has 1 saturated heterocycles. The molecule has 112 valence electrons. The lowest BCUT2D eigenvalue weighted by molar-refractivity contribution is -0.385. The quantitative estimate of drug-likeness (QED) is 0.641. The first-order chi connectivity index (χ1) is 10.7. The van der Waals surface area contributed by atoms with Crippen molar-refractivity contribution in [1.82, 2.24) is 9.78 Å². The molecule has 1 atom stereocenters. The maximum absolute atomic E-state index is 10.9. The zero-order chi connectivity index (χ0) is 15.5. The molecule has 7 heteroatoms. The van der Waals surface area contributed by atoms with E-state index in [9.17, 15) is 10.1 Å². The van der Waals surface area contributed by atoms with Gasteiger partial charge in [-0.15, -0.1) is 0 Å². The number of hydrogen-bond donors (Lipinski definition) is 0. The van der Waals surface area contributed by atoms with Crippen LogP contribution in [0.1, 0.15) is 31.1 Å². The summed E-state index contributed by atoms with van der Waals surface area (Å²) in [6, 6.07) is 8.21. The molecule has 1 aromatic heterocycles. The van der Waals surface area contributed by atoms with E-state index in [1.54, 1.807) is 16.9 Å². The van der Waals surface area contributed by atoms with Crippen LogP contribution in [0.4, 0.5) is 5.69 Å². The number of rotatable bonds is 3. The number of nitriles is 1. The summed E-state index contributed by atoms with van der Waals surface area (Å²) < 4.78 is 7.51. The standard InChI is InChI=1S/C15H14N4O3/c16-10-12-9-11(4-5-14(12)19(20)21)13-6-7-17-18(13)15-3-1-2-8-22-15/h4-7,9,15H,1-3,8H2. The maximum atomic E-state index is 10.9. The molecule has 7 nitrogen and oxygen atoms in total. The number of nitro benzene ring substituents is 1. The van der Waals surface area contributed by atoms with Crippen LogP contribution >= 0.6 is 0 Å². The predicted octanol–water partition coefficient (Wildman–Crippen LogP) is 3.03. The highest BCUT2D eigenvalue weighted by molar-refractivity contribution is 5.66. The Bertz CT molecular complexity index is 741. The first-order valence-electron chi connectivity index (χ1n) is 7.05. The third kappa shape index (κ3) is 2.56. The highest BCUT2D eigenvalue weighted by Gasteiger charge is 2.21. The van der Waals surface area contributed by atoms with Crippen LogP contribution in [0.25, 0.3) is 11.3 Å². The summed E-state index contributed by atoms with van der Waals surface area (Å²) in [4.78, 5) is 10.4. The Morgan fingerprint density at radius 2 is 2.27 bits per heavy atom. The van der Waals surface area contributed by atoms with E-state index >= 15 is 0 Å². The number of nitrogens with zero attached hydrogens (tertiary/aromatic N) is 4. The van der Waals surface area contributed by atoms with Crippen LogP contribution in [0, 0.1) is 21.4 Å². The fourth-order valence-corrected chi connectivity index (χ4v) is 2.63. The van der Waals surface area contributed by atoms with Gasteiger partial charge < -0.3 is 4.74 Å². The zero-order valence-corrected chi connectivity index (χ0v) is 11.8. The summed E-state index contributed by atoms with van der Waals surface area (Å²) in [6.07, 6.45) is 4.55. The molecule has 0 aliphatic carbocycles. The van der Waals surface area contributed by atoms with Crippen molar-refractivity contribution in [1.29, 1.82) is 5.26 Å². The molecule has 0 spiro atoms. The third-order valence-electron chi connectivity index (χ3n) is 3.71. The van der Waals surface area contributed by atoms with E-state index in [2.05, 4.69) is 5.10 Å². The largest absolute Gasteiger partial charge is 0.356 e. The minimum absolute atomic E-state index is 0.0415. The first-order valence-corrected chi connectivity index (χ1v) is 7.05. The highest BCUT2D eigenvalue weighted by atomic mass is 16.6. The van der Waals surface area contributed by atoms with Crippen LogP contribution in [0.2, 0.25) is 0 Å². The fraction of sp³-hybridized carbons (Fsp3) is 0.333. The molecule has 1 aromatic carbocycles. The minimum Gasteiger partial charge on any atom is -0.356 e. The Kier molecular flexibility index (Phi) is 3.85. The van der Waals surface area contributed by atoms with E-state index in [0.29, 0.717) is 12.2 Å². The molecule has 2 aromatic rings. The van der Waals surface area contributed by atoms with Crippen molar-refractivity contribution in [3.05, 3.63) is 46.1 Å². The van der Waals surface area contributed by atoms with Gasteiger partial charge in [0.05, 0.1) is 10.6 Å². The lowest BCUT2D eigenvalue weighted by Crippen LogP contribution is -2.19. The van der Waals surface area contributed by atoms with Gasteiger partial charge in [-0.25, -0.2) is 4.68 Å². The van der Waals surface area contributed by atoms with Gasteiger partial charge in [-0.1, -0.05) is 0 Å². The molecule has 0 bridgehead atoms. The van der Waals surface area contributed by atoms with Crippen molar-refractivity contribution in [2.45, 2.75) is 25.5 Å². The molecule has 0 amide bonds. The van der Waals surface area contributed by atoms with E-state index in [0.717, 1.165) is 25.0 Å². The summed E-state index contributed by atoms with van der Waals surface area (Å²) in [5.74, 6) is 0. The van der Waals surface area contributed by atoms with Gasteiger partial charge in [0.25, 0.3) is 5.69 Å². The molecule has 0 radical (unpaired) electrons. The number of benzene rings is 1. The summed E-state index contributed by atoms with van der Waals surface area (Å²) in [5.41, 5.74) is 1.36. The second-order valence-corrected chi connectivity index (χ2v) is 5.08. The molecule has 0 saturated carbocycles. The monoisotopic (exact) mass is 298 g/mol. The maximum Gasteiger partial charge on any atom is 0.287 e. The Balaban J connectivity index is 2.00. The van der Waals surface area contributed by atoms with E-state index in [4.69, 9.17) is 10.00 Å². The number of hydrogen-bond acceptors (Lipinski definition) is 5. The van der Waals surface area contributed by atoms with Crippen molar-refractivity contribution < 1.29 is 9.66 Å². The molecule has 1 fully saturated rings. The van der Waals surface area contributed by atoms with Crippen molar-refractivity contribution in [2.24, 2.45) is 0 Å². The second-order valence-electron chi connectivity index (χ2n) is 5.08. The zero-order valence-electron chi connectivity index (χ0n) is 11.8. The van der Waals surface area contributed by atoms with Crippen LogP contribution < -0.4 is 0 Å². The average molecular weight is 298 g/mol.